The second-order valence-electron chi connectivity index (χ2n) is 2.69. The Morgan fingerprint density at radius 1 is 1.17 bits per heavy atom. The van der Waals surface area contributed by atoms with Crippen LogP contribution in [0, 0.1) is 0 Å². The third-order valence-corrected chi connectivity index (χ3v) is 1.93. The maximum absolute atomic E-state index is 4.05. The van der Waals surface area contributed by atoms with E-state index in [4.69, 9.17) is 0 Å². The monoisotopic (exact) mass is 158 g/mol. The van der Waals surface area contributed by atoms with Gasteiger partial charge in [0.05, 0.1) is 0 Å². The average Bonchev–Trinajstić information content (AvgIpc) is 2.17. The van der Waals surface area contributed by atoms with E-state index in [0.29, 0.717) is 0 Å². The number of anilines is 1. The fourth-order valence-corrected chi connectivity index (χ4v) is 1.24. The van der Waals surface area contributed by atoms with Crippen molar-refractivity contribution in [3.8, 4) is 0 Å². The molecule has 60 valence electrons. The molecule has 0 saturated carbocycles. The van der Waals surface area contributed by atoms with Gasteiger partial charge in [-0.3, -0.25) is 4.98 Å². The van der Waals surface area contributed by atoms with E-state index in [0.717, 1.165) is 5.69 Å². The molecule has 0 saturated heterocycles. The summed E-state index contributed by atoms with van der Waals surface area (Å²) < 4.78 is 0. The van der Waals surface area contributed by atoms with Crippen molar-refractivity contribution in [2.75, 3.05) is 12.4 Å². The number of pyridine rings is 1. The van der Waals surface area contributed by atoms with E-state index < -0.39 is 0 Å². The molecule has 0 bridgehead atoms. The van der Waals surface area contributed by atoms with Gasteiger partial charge in [-0.1, -0.05) is 6.07 Å². The highest BCUT2D eigenvalue weighted by Crippen LogP contribution is 2.16. The van der Waals surface area contributed by atoms with Crippen LogP contribution in [-0.2, 0) is 0 Å². The van der Waals surface area contributed by atoms with Crippen LogP contribution in [0.1, 0.15) is 0 Å². The molecule has 0 spiro atoms. The van der Waals surface area contributed by atoms with Crippen LogP contribution >= 0.6 is 0 Å². The number of rotatable bonds is 1. The van der Waals surface area contributed by atoms with E-state index >= 15 is 0 Å². The molecule has 12 heavy (non-hydrogen) atoms. The average molecular weight is 158 g/mol. The molecule has 0 unspecified atom stereocenters. The Kier molecular flexibility index (Phi) is 1.67. The van der Waals surface area contributed by atoms with Crippen LogP contribution in [0.3, 0.4) is 0 Å². The number of nitrogens with one attached hydrogen (secondary N) is 1. The number of benzene rings is 1. The molecule has 0 aliphatic carbocycles. The molecule has 0 radical (unpaired) electrons. The Labute approximate surface area is 71.2 Å². The van der Waals surface area contributed by atoms with Gasteiger partial charge in [-0.05, 0) is 23.6 Å². The second kappa shape index (κ2) is 2.81. The lowest BCUT2D eigenvalue weighted by molar-refractivity contribution is 1.36. The first-order valence-electron chi connectivity index (χ1n) is 3.92. The summed E-state index contributed by atoms with van der Waals surface area (Å²) in [6.07, 6.45) is 3.68. The van der Waals surface area contributed by atoms with Crippen molar-refractivity contribution < 1.29 is 0 Å². The molecular formula is C10H10N2. The molecule has 1 aromatic heterocycles. The summed E-state index contributed by atoms with van der Waals surface area (Å²) in [5.74, 6) is 0. The van der Waals surface area contributed by atoms with Crippen LogP contribution in [0.2, 0.25) is 0 Å². The molecule has 1 aromatic carbocycles. The van der Waals surface area contributed by atoms with E-state index in [2.05, 4.69) is 22.4 Å². The first-order chi connectivity index (χ1) is 5.90. The standard InChI is InChI=1S/C10H10N2/c1-11-10-3-2-9-7-12-5-4-8(9)6-10/h2-7,11H,1H3. The summed E-state index contributed by atoms with van der Waals surface area (Å²) in [6.45, 7) is 0. The lowest BCUT2D eigenvalue weighted by Gasteiger charge is -2.01. The van der Waals surface area contributed by atoms with Crippen molar-refractivity contribution in [1.29, 1.82) is 0 Å². The van der Waals surface area contributed by atoms with Crippen molar-refractivity contribution in [2.24, 2.45) is 0 Å². The van der Waals surface area contributed by atoms with E-state index in [1.165, 1.54) is 10.8 Å². The van der Waals surface area contributed by atoms with Crippen molar-refractivity contribution in [3.05, 3.63) is 36.7 Å². The Morgan fingerprint density at radius 2 is 2.08 bits per heavy atom. The highest BCUT2D eigenvalue weighted by Gasteiger charge is 1.92. The quantitative estimate of drug-likeness (QED) is 0.688. The van der Waals surface area contributed by atoms with Gasteiger partial charge in [0.1, 0.15) is 0 Å². The van der Waals surface area contributed by atoms with E-state index in [9.17, 15) is 0 Å². The fraction of sp³-hybridized carbons (Fsp3) is 0.100. The van der Waals surface area contributed by atoms with Gasteiger partial charge in [0, 0.05) is 30.5 Å². The van der Waals surface area contributed by atoms with Gasteiger partial charge in [0.15, 0.2) is 0 Å². The Bertz CT molecular complexity index is 396. The normalized spacial score (nSPS) is 10.1. The zero-order valence-corrected chi connectivity index (χ0v) is 6.91. The molecule has 1 heterocycles. The summed E-state index contributed by atoms with van der Waals surface area (Å²) in [6, 6.07) is 8.23. The van der Waals surface area contributed by atoms with Crippen LogP contribution in [0.5, 0.6) is 0 Å². The van der Waals surface area contributed by atoms with E-state index in [1.54, 1.807) is 0 Å². The summed E-state index contributed by atoms with van der Waals surface area (Å²) in [4.78, 5) is 4.05. The Hall–Kier alpha value is -1.57. The van der Waals surface area contributed by atoms with Gasteiger partial charge < -0.3 is 5.32 Å². The molecule has 0 atom stereocenters. The maximum Gasteiger partial charge on any atom is 0.0346 e. The van der Waals surface area contributed by atoms with Gasteiger partial charge in [-0.15, -0.1) is 0 Å². The summed E-state index contributed by atoms with van der Waals surface area (Å²) in [5.41, 5.74) is 1.13. The van der Waals surface area contributed by atoms with Gasteiger partial charge in [-0.25, -0.2) is 0 Å². The molecule has 2 aromatic rings. The molecule has 2 nitrogen and oxygen atoms in total. The SMILES string of the molecule is CNc1ccc2cnccc2c1. The van der Waals surface area contributed by atoms with Gasteiger partial charge >= 0.3 is 0 Å². The first-order valence-corrected chi connectivity index (χ1v) is 3.92. The molecule has 0 amide bonds. The van der Waals surface area contributed by atoms with Crippen LogP contribution < -0.4 is 5.32 Å². The Morgan fingerprint density at radius 3 is 2.92 bits per heavy atom. The van der Waals surface area contributed by atoms with Crippen LogP contribution in [-0.4, -0.2) is 12.0 Å². The van der Waals surface area contributed by atoms with Gasteiger partial charge in [0.2, 0.25) is 0 Å². The predicted molar refractivity (Wildman–Crippen MR) is 51.3 cm³/mol. The molecule has 0 fully saturated rings. The summed E-state index contributed by atoms with van der Waals surface area (Å²) >= 11 is 0. The molecule has 2 heteroatoms. The highest BCUT2D eigenvalue weighted by atomic mass is 14.8. The number of nitrogens with zero attached hydrogens (tertiary/aromatic N) is 1. The molecule has 1 N–H and O–H groups in total. The summed E-state index contributed by atoms with van der Waals surface area (Å²) in [5, 5.41) is 5.50. The van der Waals surface area contributed by atoms with Crippen molar-refractivity contribution in [2.45, 2.75) is 0 Å². The molecular weight excluding hydrogens is 148 g/mol. The minimum absolute atomic E-state index is 1.13. The highest BCUT2D eigenvalue weighted by molar-refractivity contribution is 5.84. The van der Waals surface area contributed by atoms with Crippen molar-refractivity contribution in [1.82, 2.24) is 4.98 Å². The number of aromatic nitrogens is 1. The lowest BCUT2D eigenvalue weighted by atomic mass is 10.1. The zero-order chi connectivity index (χ0) is 8.39. The second-order valence-corrected chi connectivity index (χ2v) is 2.69. The van der Waals surface area contributed by atoms with Crippen LogP contribution in [0.25, 0.3) is 10.8 Å². The number of hydrogen-bond donors (Lipinski definition) is 1. The number of hydrogen-bond acceptors (Lipinski definition) is 2. The number of fused-ring (bicyclic) bond motifs is 1. The van der Waals surface area contributed by atoms with Crippen LogP contribution in [0.4, 0.5) is 5.69 Å². The first kappa shape index (κ1) is 7.10. The topological polar surface area (TPSA) is 24.9 Å². The van der Waals surface area contributed by atoms with Crippen molar-refractivity contribution in [3.63, 3.8) is 0 Å². The van der Waals surface area contributed by atoms with Gasteiger partial charge in [-0.2, -0.15) is 0 Å². The van der Waals surface area contributed by atoms with E-state index in [-0.39, 0.29) is 0 Å². The summed E-state index contributed by atoms with van der Waals surface area (Å²) in [7, 11) is 1.92. The third-order valence-electron chi connectivity index (χ3n) is 1.93. The minimum Gasteiger partial charge on any atom is -0.388 e. The zero-order valence-electron chi connectivity index (χ0n) is 6.91. The fourth-order valence-electron chi connectivity index (χ4n) is 1.24. The predicted octanol–water partition coefficient (Wildman–Crippen LogP) is 2.28. The Balaban J connectivity index is 2.67. The molecule has 0 aliphatic heterocycles. The lowest BCUT2D eigenvalue weighted by Crippen LogP contribution is -1.86. The molecule has 0 aliphatic rings. The minimum atomic E-state index is 1.13. The maximum atomic E-state index is 4.05. The third kappa shape index (κ3) is 1.11. The molecule has 2 rings (SSSR count). The van der Waals surface area contributed by atoms with Gasteiger partial charge in [0.25, 0.3) is 0 Å². The smallest absolute Gasteiger partial charge is 0.0346 e. The van der Waals surface area contributed by atoms with Crippen LogP contribution in [0.15, 0.2) is 36.7 Å². The van der Waals surface area contributed by atoms with E-state index in [1.807, 2.05) is 31.6 Å². The largest absolute Gasteiger partial charge is 0.388 e. The van der Waals surface area contributed by atoms with Crippen molar-refractivity contribution >= 4 is 16.5 Å².